The Kier molecular flexibility index (Phi) is 2.73. The lowest BCUT2D eigenvalue weighted by atomic mass is 10.1. The second-order valence-corrected chi connectivity index (χ2v) is 4.43. The average Bonchev–Trinajstić information content (AvgIpc) is 2.57. The van der Waals surface area contributed by atoms with Gasteiger partial charge in [0.15, 0.2) is 12.1 Å². The minimum absolute atomic E-state index is 0.0857. The van der Waals surface area contributed by atoms with Gasteiger partial charge in [-0.1, -0.05) is 0 Å². The summed E-state index contributed by atoms with van der Waals surface area (Å²) in [7, 11) is 0. The summed E-state index contributed by atoms with van der Waals surface area (Å²) >= 11 is 0. The van der Waals surface area contributed by atoms with Gasteiger partial charge >= 0.3 is 0 Å². The van der Waals surface area contributed by atoms with Crippen molar-refractivity contribution in [3.63, 3.8) is 0 Å². The number of rotatable bonds is 2. The van der Waals surface area contributed by atoms with Gasteiger partial charge in [-0.15, -0.1) is 12.3 Å². The van der Waals surface area contributed by atoms with E-state index in [0.717, 1.165) is 0 Å². The Labute approximate surface area is 89.5 Å². The molecule has 0 amide bonds. The summed E-state index contributed by atoms with van der Waals surface area (Å²) < 4.78 is 16.7. The van der Waals surface area contributed by atoms with Crippen LogP contribution in [-0.4, -0.2) is 35.5 Å². The van der Waals surface area contributed by atoms with Crippen LogP contribution in [0.15, 0.2) is 0 Å². The maximum atomic E-state index is 9.66. The van der Waals surface area contributed by atoms with E-state index in [1.54, 1.807) is 0 Å². The summed E-state index contributed by atoms with van der Waals surface area (Å²) in [6.45, 7) is 3.70. The monoisotopic (exact) mass is 212 g/mol. The SMILES string of the molecule is C#CCC(O)[C@@H]1C[C@H]2OC(C)(C)O[C@H]2O1. The molecule has 0 aromatic rings. The van der Waals surface area contributed by atoms with Crippen LogP contribution in [0.25, 0.3) is 0 Å². The van der Waals surface area contributed by atoms with E-state index >= 15 is 0 Å². The Balaban J connectivity index is 1.91. The highest BCUT2D eigenvalue weighted by Crippen LogP contribution is 2.38. The molecule has 2 aliphatic heterocycles. The number of aliphatic hydroxyl groups is 1. The van der Waals surface area contributed by atoms with Gasteiger partial charge in [-0.05, 0) is 13.8 Å². The Morgan fingerprint density at radius 3 is 2.87 bits per heavy atom. The van der Waals surface area contributed by atoms with Crippen molar-refractivity contribution in [1.29, 1.82) is 0 Å². The number of fused-ring (bicyclic) bond motifs is 1. The highest BCUT2D eigenvalue weighted by molar-refractivity contribution is 4.94. The molecule has 0 aliphatic carbocycles. The molecule has 2 heterocycles. The molecule has 2 fully saturated rings. The first kappa shape index (κ1) is 10.9. The van der Waals surface area contributed by atoms with E-state index < -0.39 is 11.9 Å². The summed E-state index contributed by atoms with van der Waals surface area (Å²) in [5.74, 6) is 1.83. The van der Waals surface area contributed by atoms with Crippen molar-refractivity contribution in [1.82, 2.24) is 0 Å². The minimum Gasteiger partial charge on any atom is -0.389 e. The zero-order valence-electron chi connectivity index (χ0n) is 8.97. The summed E-state index contributed by atoms with van der Waals surface area (Å²) in [4.78, 5) is 0. The third-order valence-corrected chi connectivity index (χ3v) is 2.67. The van der Waals surface area contributed by atoms with Crippen molar-refractivity contribution in [2.24, 2.45) is 0 Å². The van der Waals surface area contributed by atoms with E-state index in [4.69, 9.17) is 20.6 Å². The fraction of sp³-hybridized carbons (Fsp3) is 0.818. The zero-order valence-corrected chi connectivity index (χ0v) is 8.97. The Morgan fingerprint density at radius 1 is 1.53 bits per heavy atom. The molecule has 2 saturated heterocycles. The van der Waals surface area contributed by atoms with Crippen LogP contribution < -0.4 is 0 Å². The van der Waals surface area contributed by atoms with E-state index in [2.05, 4.69) is 5.92 Å². The van der Waals surface area contributed by atoms with Crippen molar-refractivity contribution in [2.45, 2.75) is 57.1 Å². The normalized spacial score (nSPS) is 39.7. The van der Waals surface area contributed by atoms with Crippen LogP contribution in [0.3, 0.4) is 0 Å². The molecule has 0 aromatic carbocycles. The molecule has 1 unspecified atom stereocenters. The molecule has 0 spiro atoms. The molecule has 0 radical (unpaired) electrons. The number of hydrogen-bond donors (Lipinski definition) is 1. The molecule has 1 N–H and O–H groups in total. The molecule has 15 heavy (non-hydrogen) atoms. The van der Waals surface area contributed by atoms with Gasteiger partial charge in [0.2, 0.25) is 0 Å². The number of aliphatic hydroxyl groups excluding tert-OH is 1. The van der Waals surface area contributed by atoms with Crippen molar-refractivity contribution in [3.05, 3.63) is 0 Å². The van der Waals surface area contributed by atoms with Gasteiger partial charge in [0.25, 0.3) is 0 Å². The highest BCUT2D eigenvalue weighted by Gasteiger charge is 2.49. The first-order valence-corrected chi connectivity index (χ1v) is 5.14. The number of terminal acetylenes is 1. The standard InChI is InChI=1S/C11H16O4/c1-4-5-7(12)8-6-9-10(13-8)15-11(2,3)14-9/h1,7-10,12H,5-6H2,2-3H3/t7?,8-,9+,10+/m0/s1. The molecule has 2 aliphatic rings. The molecular formula is C11H16O4. The first-order chi connectivity index (χ1) is 7.02. The van der Waals surface area contributed by atoms with Crippen LogP contribution in [0, 0.1) is 12.3 Å². The van der Waals surface area contributed by atoms with Gasteiger partial charge in [0.05, 0.1) is 12.2 Å². The topological polar surface area (TPSA) is 47.9 Å². The molecule has 0 bridgehead atoms. The molecule has 4 heteroatoms. The first-order valence-electron chi connectivity index (χ1n) is 5.14. The number of hydrogen-bond acceptors (Lipinski definition) is 4. The van der Waals surface area contributed by atoms with Gasteiger partial charge in [-0.2, -0.15) is 0 Å². The molecule has 0 saturated carbocycles. The van der Waals surface area contributed by atoms with E-state index in [1.165, 1.54) is 0 Å². The van der Waals surface area contributed by atoms with Crippen molar-refractivity contribution < 1.29 is 19.3 Å². The fourth-order valence-electron chi connectivity index (χ4n) is 2.03. The smallest absolute Gasteiger partial charge is 0.187 e. The summed E-state index contributed by atoms with van der Waals surface area (Å²) in [5, 5.41) is 9.66. The quantitative estimate of drug-likeness (QED) is 0.682. The van der Waals surface area contributed by atoms with Crippen LogP contribution in [-0.2, 0) is 14.2 Å². The predicted octanol–water partition coefficient (Wildman–Crippen LogP) is 0.637. The van der Waals surface area contributed by atoms with Gasteiger partial charge in [-0.25, -0.2) is 0 Å². The Hall–Kier alpha value is -0.600. The van der Waals surface area contributed by atoms with Crippen molar-refractivity contribution in [2.75, 3.05) is 0 Å². The molecule has 0 aromatic heterocycles. The highest BCUT2D eigenvalue weighted by atomic mass is 16.8. The van der Waals surface area contributed by atoms with Crippen LogP contribution >= 0.6 is 0 Å². The maximum Gasteiger partial charge on any atom is 0.187 e. The zero-order chi connectivity index (χ0) is 11.1. The van der Waals surface area contributed by atoms with Crippen LogP contribution in [0.5, 0.6) is 0 Å². The van der Waals surface area contributed by atoms with Crippen molar-refractivity contribution >= 4 is 0 Å². The molecule has 4 atom stereocenters. The lowest BCUT2D eigenvalue weighted by Crippen LogP contribution is -2.30. The van der Waals surface area contributed by atoms with E-state index in [1.807, 2.05) is 13.8 Å². The molecule has 2 rings (SSSR count). The van der Waals surface area contributed by atoms with E-state index in [9.17, 15) is 5.11 Å². The van der Waals surface area contributed by atoms with Gasteiger partial charge in [0.1, 0.15) is 6.10 Å². The van der Waals surface area contributed by atoms with E-state index in [0.29, 0.717) is 12.8 Å². The third-order valence-electron chi connectivity index (χ3n) is 2.67. The largest absolute Gasteiger partial charge is 0.389 e. The van der Waals surface area contributed by atoms with Crippen molar-refractivity contribution in [3.8, 4) is 12.3 Å². The minimum atomic E-state index is -0.629. The van der Waals surface area contributed by atoms with Crippen LogP contribution in [0.4, 0.5) is 0 Å². The number of ether oxygens (including phenoxy) is 3. The molecule has 84 valence electrons. The van der Waals surface area contributed by atoms with Gasteiger partial charge in [0, 0.05) is 12.8 Å². The van der Waals surface area contributed by atoms with Gasteiger partial charge in [-0.3, -0.25) is 0 Å². The van der Waals surface area contributed by atoms with Crippen LogP contribution in [0.1, 0.15) is 26.7 Å². The second-order valence-electron chi connectivity index (χ2n) is 4.43. The van der Waals surface area contributed by atoms with Crippen LogP contribution in [0.2, 0.25) is 0 Å². The van der Waals surface area contributed by atoms with E-state index in [-0.39, 0.29) is 18.5 Å². The predicted molar refractivity (Wildman–Crippen MR) is 52.8 cm³/mol. The Morgan fingerprint density at radius 2 is 2.27 bits per heavy atom. The lowest BCUT2D eigenvalue weighted by molar-refractivity contribution is -0.213. The molecular weight excluding hydrogens is 196 g/mol. The maximum absolute atomic E-state index is 9.66. The molecule has 4 nitrogen and oxygen atoms in total. The lowest BCUT2D eigenvalue weighted by Gasteiger charge is -2.22. The Bertz CT molecular complexity index is 265. The summed E-state index contributed by atoms with van der Waals surface area (Å²) in [6, 6.07) is 0. The summed E-state index contributed by atoms with van der Waals surface area (Å²) in [6.07, 6.45) is 4.71. The second kappa shape index (κ2) is 3.76. The average molecular weight is 212 g/mol. The summed E-state index contributed by atoms with van der Waals surface area (Å²) in [5.41, 5.74) is 0. The fourth-order valence-corrected chi connectivity index (χ4v) is 2.03. The third kappa shape index (κ3) is 2.16. The van der Waals surface area contributed by atoms with Gasteiger partial charge < -0.3 is 19.3 Å².